The van der Waals surface area contributed by atoms with Crippen LogP contribution in [0.4, 0.5) is 0 Å². The summed E-state index contributed by atoms with van der Waals surface area (Å²) in [5.74, 6) is 0.414. The van der Waals surface area contributed by atoms with Crippen LogP contribution in [-0.4, -0.2) is 18.1 Å². The van der Waals surface area contributed by atoms with Crippen LogP contribution in [0.5, 0.6) is 0 Å². The van der Waals surface area contributed by atoms with E-state index in [1.165, 1.54) is 0 Å². The van der Waals surface area contributed by atoms with Crippen LogP contribution >= 0.6 is 0 Å². The van der Waals surface area contributed by atoms with Crippen molar-refractivity contribution in [1.82, 2.24) is 13.9 Å². The Labute approximate surface area is 84.2 Å². The summed E-state index contributed by atoms with van der Waals surface area (Å²) in [6, 6.07) is 5.58. The SMILES string of the molecule is O=S(Cc1ccccn1)n1ccnc1. The summed E-state index contributed by atoms with van der Waals surface area (Å²) in [6.45, 7) is 0. The first-order chi connectivity index (χ1) is 6.86. The van der Waals surface area contributed by atoms with Crippen molar-refractivity contribution in [3.05, 3.63) is 48.8 Å². The molecule has 0 amide bonds. The molecule has 1 unspecified atom stereocenters. The van der Waals surface area contributed by atoms with Gasteiger partial charge in [-0.15, -0.1) is 0 Å². The maximum atomic E-state index is 11.7. The molecule has 1 atom stereocenters. The van der Waals surface area contributed by atoms with Gasteiger partial charge in [0, 0.05) is 18.6 Å². The smallest absolute Gasteiger partial charge is 0.130 e. The molecule has 0 N–H and O–H groups in total. The number of hydrogen-bond acceptors (Lipinski definition) is 3. The minimum atomic E-state index is -1.11. The molecule has 0 saturated carbocycles. The lowest BCUT2D eigenvalue weighted by atomic mass is 10.4. The quantitative estimate of drug-likeness (QED) is 0.754. The van der Waals surface area contributed by atoms with Gasteiger partial charge in [-0.3, -0.25) is 8.96 Å². The van der Waals surface area contributed by atoms with E-state index >= 15 is 0 Å². The average molecular weight is 207 g/mol. The predicted molar refractivity (Wildman–Crippen MR) is 53.7 cm³/mol. The molecule has 2 aromatic heterocycles. The van der Waals surface area contributed by atoms with Crippen LogP contribution < -0.4 is 0 Å². The Morgan fingerprint density at radius 2 is 2.29 bits per heavy atom. The number of hydrogen-bond donors (Lipinski definition) is 0. The molecule has 0 aliphatic carbocycles. The minimum Gasteiger partial charge on any atom is -0.260 e. The molecule has 0 fully saturated rings. The van der Waals surface area contributed by atoms with Gasteiger partial charge in [0.25, 0.3) is 0 Å². The minimum absolute atomic E-state index is 0.414. The number of aromatic nitrogens is 3. The third kappa shape index (κ3) is 2.05. The number of nitrogens with zero attached hydrogens (tertiary/aromatic N) is 3. The normalized spacial score (nSPS) is 12.6. The molecule has 0 aliphatic heterocycles. The summed E-state index contributed by atoms with van der Waals surface area (Å²) in [5.41, 5.74) is 0.819. The van der Waals surface area contributed by atoms with Gasteiger partial charge in [-0.2, -0.15) is 0 Å². The van der Waals surface area contributed by atoms with E-state index in [1.807, 2.05) is 18.2 Å². The van der Waals surface area contributed by atoms with Gasteiger partial charge < -0.3 is 0 Å². The van der Waals surface area contributed by atoms with Gasteiger partial charge in [0.05, 0.1) is 11.4 Å². The summed E-state index contributed by atoms with van der Waals surface area (Å²) >= 11 is 0. The van der Waals surface area contributed by atoms with E-state index in [0.29, 0.717) is 5.75 Å². The van der Waals surface area contributed by atoms with Crippen LogP contribution in [0.1, 0.15) is 5.69 Å². The van der Waals surface area contributed by atoms with Crippen LogP contribution in [0.25, 0.3) is 0 Å². The van der Waals surface area contributed by atoms with Crippen molar-refractivity contribution < 1.29 is 4.21 Å². The molecule has 5 heteroatoms. The molecule has 2 rings (SSSR count). The highest BCUT2D eigenvalue weighted by Gasteiger charge is 2.03. The third-order valence-electron chi connectivity index (χ3n) is 1.71. The molecule has 0 aromatic carbocycles. The van der Waals surface area contributed by atoms with Crippen molar-refractivity contribution in [2.45, 2.75) is 5.75 Å². The summed E-state index contributed by atoms with van der Waals surface area (Å²) in [4.78, 5) is 7.94. The fourth-order valence-corrected chi connectivity index (χ4v) is 1.97. The van der Waals surface area contributed by atoms with Crippen molar-refractivity contribution in [3.8, 4) is 0 Å². The number of pyridine rings is 1. The second-order valence-electron chi connectivity index (χ2n) is 2.71. The summed E-state index contributed by atoms with van der Waals surface area (Å²) < 4.78 is 13.2. The van der Waals surface area contributed by atoms with Gasteiger partial charge in [-0.05, 0) is 12.1 Å². The number of imidazole rings is 1. The zero-order valence-electron chi connectivity index (χ0n) is 7.41. The second-order valence-corrected chi connectivity index (χ2v) is 4.06. The Bertz CT molecular complexity index is 413. The summed E-state index contributed by atoms with van der Waals surface area (Å²) in [6.07, 6.45) is 6.52. The first-order valence-electron chi connectivity index (χ1n) is 4.13. The molecular weight excluding hydrogens is 198 g/mol. The van der Waals surface area contributed by atoms with Crippen LogP contribution in [0, 0.1) is 0 Å². The molecule has 2 aromatic rings. The first kappa shape index (κ1) is 9.08. The third-order valence-corrected chi connectivity index (χ3v) is 2.94. The monoisotopic (exact) mass is 207 g/mol. The van der Waals surface area contributed by atoms with Crippen molar-refractivity contribution in [2.24, 2.45) is 0 Å². The van der Waals surface area contributed by atoms with Gasteiger partial charge >= 0.3 is 0 Å². The zero-order chi connectivity index (χ0) is 9.80. The van der Waals surface area contributed by atoms with E-state index in [0.717, 1.165) is 5.69 Å². The van der Waals surface area contributed by atoms with Gasteiger partial charge in [0.2, 0.25) is 0 Å². The average Bonchev–Trinajstić information content (AvgIpc) is 2.72. The Kier molecular flexibility index (Phi) is 2.69. The van der Waals surface area contributed by atoms with Gasteiger partial charge in [0.1, 0.15) is 17.3 Å². The zero-order valence-corrected chi connectivity index (χ0v) is 8.22. The van der Waals surface area contributed by atoms with E-state index in [2.05, 4.69) is 9.97 Å². The predicted octanol–water partition coefficient (Wildman–Crippen LogP) is 0.990. The lowest BCUT2D eigenvalue weighted by Crippen LogP contribution is -2.05. The second kappa shape index (κ2) is 4.15. The topological polar surface area (TPSA) is 47.8 Å². The van der Waals surface area contributed by atoms with Crippen molar-refractivity contribution in [1.29, 1.82) is 0 Å². The van der Waals surface area contributed by atoms with E-state index in [9.17, 15) is 4.21 Å². The fourth-order valence-electron chi connectivity index (χ4n) is 1.05. The molecule has 14 heavy (non-hydrogen) atoms. The fraction of sp³-hybridized carbons (Fsp3) is 0.111. The standard InChI is InChI=1S/C9H9N3OS/c13-14(12-6-5-10-8-12)7-9-3-1-2-4-11-9/h1-6,8H,7H2. The summed E-state index contributed by atoms with van der Waals surface area (Å²) in [5, 5.41) is 0. The molecule has 0 bridgehead atoms. The van der Waals surface area contributed by atoms with Gasteiger partial charge in [-0.25, -0.2) is 9.19 Å². The van der Waals surface area contributed by atoms with Crippen molar-refractivity contribution in [3.63, 3.8) is 0 Å². The molecule has 0 spiro atoms. The van der Waals surface area contributed by atoms with E-state index < -0.39 is 11.0 Å². The lowest BCUT2D eigenvalue weighted by molar-refractivity contribution is 0.676. The van der Waals surface area contributed by atoms with Crippen LogP contribution in [0.3, 0.4) is 0 Å². The highest BCUT2D eigenvalue weighted by Crippen LogP contribution is 2.01. The Hall–Kier alpha value is -1.49. The number of rotatable bonds is 3. The van der Waals surface area contributed by atoms with E-state index in [1.54, 1.807) is 28.9 Å². The van der Waals surface area contributed by atoms with Crippen molar-refractivity contribution in [2.75, 3.05) is 0 Å². The highest BCUT2D eigenvalue weighted by molar-refractivity contribution is 7.82. The van der Waals surface area contributed by atoms with Gasteiger partial charge in [-0.1, -0.05) is 6.07 Å². The molecule has 4 nitrogen and oxygen atoms in total. The Morgan fingerprint density at radius 3 is 2.93 bits per heavy atom. The maximum absolute atomic E-state index is 11.7. The van der Waals surface area contributed by atoms with E-state index in [4.69, 9.17) is 0 Å². The maximum Gasteiger partial charge on any atom is 0.130 e. The Morgan fingerprint density at radius 1 is 1.36 bits per heavy atom. The molecule has 2 heterocycles. The first-order valence-corrected chi connectivity index (χ1v) is 5.40. The van der Waals surface area contributed by atoms with E-state index in [-0.39, 0.29) is 0 Å². The Balaban J connectivity index is 2.10. The molecular formula is C9H9N3OS. The van der Waals surface area contributed by atoms with Crippen LogP contribution in [0.15, 0.2) is 43.1 Å². The molecule has 0 aliphatic rings. The highest BCUT2D eigenvalue weighted by atomic mass is 32.2. The molecule has 0 radical (unpaired) electrons. The molecule has 72 valence electrons. The summed E-state index contributed by atoms with van der Waals surface area (Å²) in [7, 11) is -1.11. The lowest BCUT2D eigenvalue weighted by Gasteiger charge is -2.00. The van der Waals surface area contributed by atoms with Crippen LogP contribution in [-0.2, 0) is 16.7 Å². The largest absolute Gasteiger partial charge is 0.260 e. The van der Waals surface area contributed by atoms with Gasteiger partial charge in [0.15, 0.2) is 0 Å². The van der Waals surface area contributed by atoms with Crippen molar-refractivity contribution >= 4 is 11.0 Å². The molecule has 0 saturated heterocycles. The van der Waals surface area contributed by atoms with Crippen LogP contribution in [0.2, 0.25) is 0 Å².